The van der Waals surface area contributed by atoms with Crippen molar-refractivity contribution in [3.05, 3.63) is 76.1 Å². The molecular formula is C24H23NO6. The Labute approximate surface area is 179 Å². The molecule has 1 aromatic heterocycles. The molecule has 0 spiro atoms. The summed E-state index contributed by atoms with van der Waals surface area (Å²) in [5.41, 5.74) is 0.817. The lowest BCUT2D eigenvalue weighted by Crippen LogP contribution is -2.16. The summed E-state index contributed by atoms with van der Waals surface area (Å²) in [5.74, 6) is -1.65. The van der Waals surface area contributed by atoms with Gasteiger partial charge in [0.1, 0.15) is 5.58 Å². The van der Waals surface area contributed by atoms with Crippen LogP contribution >= 0.6 is 0 Å². The maximum atomic E-state index is 12.3. The molecule has 2 aromatic carbocycles. The maximum absolute atomic E-state index is 12.3. The number of ether oxygens (including phenoxy) is 1. The monoisotopic (exact) mass is 421 g/mol. The van der Waals surface area contributed by atoms with Crippen molar-refractivity contribution in [2.75, 3.05) is 11.9 Å². The largest absolute Gasteiger partial charge is 0.451 e. The zero-order valence-corrected chi connectivity index (χ0v) is 17.2. The van der Waals surface area contributed by atoms with E-state index in [2.05, 4.69) is 12.2 Å². The van der Waals surface area contributed by atoms with Gasteiger partial charge in [0, 0.05) is 23.7 Å². The highest BCUT2D eigenvalue weighted by Crippen LogP contribution is 2.14. The van der Waals surface area contributed by atoms with Crippen molar-refractivity contribution in [2.24, 2.45) is 0 Å². The highest BCUT2D eigenvalue weighted by molar-refractivity contribution is 5.99. The third-order valence-electron chi connectivity index (χ3n) is 4.67. The zero-order chi connectivity index (χ0) is 22.2. The van der Waals surface area contributed by atoms with E-state index in [1.165, 1.54) is 0 Å². The van der Waals surface area contributed by atoms with E-state index in [9.17, 15) is 19.2 Å². The van der Waals surface area contributed by atoms with Crippen molar-refractivity contribution < 1.29 is 23.5 Å². The summed E-state index contributed by atoms with van der Waals surface area (Å²) < 4.78 is 10.4. The highest BCUT2D eigenvalue weighted by atomic mass is 16.5. The summed E-state index contributed by atoms with van der Waals surface area (Å²) in [5, 5.41) is 3.14. The first kappa shape index (κ1) is 22.0. The molecule has 0 aliphatic heterocycles. The molecule has 0 bridgehead atoms. The Morgan fingerprint density at radius 3 is 2.48 bits per heavy atom. The van der Waals surface area contributed by atoms with Gasteiger partial charge in [-0.2, -0.15) is 0 Å². The molecule has 0 saturated carbocycles. The second-order valence-corrected chi connectivity index (χ2v) is 7.05. The van der Waals surface area contributed by atoms with Gasteiger partial charge in [-0.05, 0) is 42.8 Å². The van der Waals surface area contributed by atoms with Gasteiger partial charge in [-0.3, -0.25) is 14.4 Å². The van der Waals surface area contributed by atoms with Crippen molar-refractivity contribution in [2.45, 2.75) is 32.6 Å². The Hall–Kier alpha value is -3.74. The number of benzene rings is 2. The van der Waals surface area contributed by atoms with E-state index in [0.29, 0.717) is 23.1 Å². The van der Waals surface area contributed by atoms with E-state index >= 15 is 0 Å². The predicted octanol–water partition coefficient (Wildman–Crippen LogP) is 4.35. The van der Waals surface area contributed by atoms with Crippen molar-refractivity contribution >= 4 is 34.3 Å². The molecule has 0 fully saturated rings. The fraction of sp³-hybridized carbons (Fsp3) is 0.250. The first-order valence-electron chi connectivity index (χ1n) is 10.1. The van der Waals surface area contributed by atoms with Crippen LogP contribution in [0.2, 0.25) is 0 Å². The second kappa shape index (κ2) is 10.3. The predicted molar refractivity (Wildman–Crippen MR) is 116 cm³/mol. The summed E-state index contributed by atoms with van der Waals surface area (Å²) >= 11 is 0. The van der Waals surface area contributed by atoms with Gasteiger partial charge < -0.3 is 14.5 Å². The number of nitrogens with one attached hydrogen (secondary N) is 1. The number of carbonyl (C=O) groups excluding carboxylic acids is 3. The maximum Gasteiger partial charge on any atom is 0.374 e. The lowest BCUT2D eigenvalue weighted by atomic mass is 10.1. The van der Waals surface area contributed by atoms with E-state index < -0.39 is 18.4 Å². The lowest BCUT2D eigenvalue weighted by Gasteiger charge is -2.07. The van der Waals surface area contributed by atoms with Crippen LogP contribution in [0.3, 0.4) is 0 Å². The van der Waals surface area contributed by atoms with Gasteiger partial charge in [-0.25, -0.2) is 4.79 Å². The van der Waals surface area contributed by atoms with Crippen LogP contribution in [0.5, 0.6) is 0 Å². The summed E-state index contributed by atoms with van der Waals surface area (Å²) in [6.07, 6.45) is 3.33. The van der Waals surface area contributed by atoms with E-state index in [1.807, 2.05) is 0 Å². The SMILES string of the molecule is CCCCCC(=O)Nc1ccc(C(=O)COC(=O)c2cc(=O)c3ccccc3o2)cc1. The number of Topliss-reactive ketones (excluding diaryl/α,β-unsaturated/α-hetero) is 1. The Morgan fingerprint density at radius 2 is 1.74 bits per heavy atom. The Bertz CT molecular complexity index is 1150. The number of fused-ring (bicyclic) bond motifs is 1. The number of ketones is 1. The zero-order valence-electron chi connectivity index (χ0n) is 17.2. The lowest BCUT2D eigenvalue weighted by molar-refractivity contribution is -0.116. The number of para-hydroxylation sites is 1. The molecule has 1 N–H and O–H groups in total. The molecule has 0 saturated heterocycles. The summed E-state index contributed by atoms with van der Waals surface area (Å²) in [6, 6.07) is 13.9. The number of esters is 1. The minimum absolute atomic E-state index is 0.0710. The Kier molecular flexibility index (Phi) is 7.32. The number of unbranched alkanes of at least 4 members (excludes halogenated alkanes) is 2. The van der Waals surface area contributed by atoms with E-state index in [-0.39, 0.29) is 22.7 Å². The van der Waals surface area contributed by atoms with E-state index in [1.54, 1.807) is 48.5 Å². The average Bonchev–Trinajstić information content (AvgIpc) is 2.78. The second-order valence-electron chi connectivity index (χ2n) is 7.05. The van der Waals surface area contributed by atoms with Crippen LogP contribution in [-0.4, -0.2) is 24.3 Å². The molecule has 31 heavy (non-hydrogen) atoms. The van der Waals surface area contributed by atoms with Crippen LogP contribution in [0.1, 0.15) is 53.5 Å². The van der Waals surface area contributed by atoms with Crippen molar-refractivity contribution in [3.8, 4) is 0 Å². The standard InChI is InChI=1S/C24H23NO6/c1-2-3-4-9-23(28)25-17-12-10-16(11-13-17)20(27)15-30-24(29)22-14-19(26)18-7-5-6-8-21(18)31-22/h5-8,10-14H,2-4,9,15H2,1H3,(H,25,28). The number of anilines is 1. The van der Waals surface area contributed by atoms with Gasteiger partial charge in [0.2, 0.25) is 11.7 Å². The molecule has 0 aliphatic rings. The Balaban J connectivity index is 1.56. The third kappa shape index (κ3) is 5.88. The van der Waals surface area contributed by atoms with Crippen LogP contribution in [0, 0.1) is 0 Å². The molecule has 0 aliphatic carbocycles. The minimum atomic E-state index is -0.896. The van der Waals surface area contributed by atoms with Crippen molar-refractivity contribution in [3.63, 3.8) is 0 Å². The Morgan fingerprint density at radius 1 is 1.00 bits per heavy atom. The summed E-state index contributed by atoms with van der Waals surface area (Å²) in [7, 11) is 0. The number of rotatable bonds is 9. The van der Waals surface area contributed by atoms with E-state index in [4.69, 9.17) is 9.15 Å². The molecule has 7 heteroatoms. The molecule has 3 aromatic rings. The van der Waals surface area contributed by atoms with Crippen LogP contribution in [-0.2, 0) is 9.53 Å². The highest BCUT2D eigenvalue weighted by Gasteiger charge is 2.16. The van der Waals surface area contributed by atoms with Gasteiger partial charge in [0.25, 0.3) is 0 Å². The third-order valence-corrected chi connectivity index (χ3v) is 4.67. The van der Waals surface area contributed by atoms with Crippen LogP contribution in [0.25, 0.3) is 11.0 Å². The van der Waals surface area contributed by atoms with Crippen molar-refractivity contribution in [1.29, 1.82) is 0 Å². The molecule has 160 valence electrons. The van der Waals surface area contributed by atoms with Crippen LogP contribution in [0.15, 0.2) is 63.8 Å². The molecular weight excluding hydrogens is 398 g/mol. The fourth-order valence-electron chi connectivity index (χ4n) is 2.99. The quantitative estimate of drug-likeness (QED) is 0.313. The van der Waals surface area contributed by atoms with Gasteiger partial charge >= 0.3 is 5.97 Å². The first-order chi connectivity index (χ1) is 15.0. The van der Waals surface area contributed by atoms with Crippen LogP contribution in [0.4, 0.5) is 5.69 Å². The summed E-state index contributed by atoms with van der Waals surface area (Å²) in [6.45, 7) is 1.57. The molecule has 1 amide bonds. The topological polar surface area (TPSA) is 103 Å². The van der Waals surface area contributed by atoms with E-state index in [0.717, 1.165) is 25.3 Å². The smallest absolute Gasteiger partial charge is 0.374 e. The molecule has 3 rings (SSSR count). The van der Waals surface area contributed by atoms with Crippen LogP contribution < -0.4 is 10.7 Å². The number of amides is 1. The first-order valence-corrected chi connectivity index (χ1v) is 10.1. The number of hydrogen-bond acceptors (Lipinski definition) is 6. The normalized spacial score (nSPS) is 10.6. The van der Waals surface area contributed by atoms with Gasteiger partial charge in [-0.15, -0.1) is 0 Å². The van der Waals surface area contributed by atoms with Crippen molar-refractivity contribution in [1.82, 2.24) is 0 Å². The number of carbonyl (C=O) groups is 3. The molecule has 0 radical (unpaired) electrons. The molecule has 0 atom stereocenters. The molecule has 7 nitrogen and oxygen atoms in total. The summed E-state index contributed by atoms with van der Waals surface area (Å²) in [4.78, 5) is 48.5. The molecule has 1 heterocycles. The minimum Gasteiger partial charge on any atom is -0.451 e. The average molecular weight is 421 g/mol. The molecule has 0 unspecified atom stereocenters. The number of hydrogen-bond donors (Lipinski definition) is 1. The fourth-order valence-corrected chi connectivity index (χ4v) is 2.99. The van der Waals surface area contributed by atoms with Gasteiger partial charge in [0.05, 0.1) is 5.39 Å². The van der Waals surface area contributed by atoms with Gasteiger partial charge in [0.15, 0.2) is 17.8 Å². The van der Waals surface area contributed by atoms with Gasteiger partial charge in [-0.1, -0.05) is 31.9 Å².